The van der Waals surface area contributed by atoms with Crippen LogP contribution < -0.4 is 11.3 Å². The Kier molecular flexibility index (Phi) is 4.68. The fraction of sp³-hybridized carbons (Fsp3) is 1.00. The monoisotopic (exact) mass is 253 g/mol. The van der Waals surface area contributed by atoms with E-state index in [-0.39, 0.29) is 5.54 Å². The molecule has 0 bridgehead atoms. The lowest BCUT2D eigenvalue weighted by Crippen LogP contribution is -2.62. The maximum Gasteiger partial charge on any atom is 0.0394 e. The SMILES string of the molecule is CC1CCC(C(CCC2CC2)NN)(N(C)C)CC1. The van der Waals surface area contributed by atoms with Crippen molar-refractivity contribution in [1.29, 1.82) is 0 Å². The van der Waals surface area contributed by atoms with E-state index in [1.54, 1.807) is 0 Å². The Morgan fingerprint density at radius 2 is 1.83 bits per heavy atom. The van der Waals surface area contributed by atoms with Gasteiger partial charge in [0, 0.05) is 11.6 Å². The van der Waals surface area contributed by atoms with Crippen LogP contribution in [0.3, 0.4) is 0 Å². The third kappa shape index (κ3) is 3.06. The van der Waals surface area contributed by atoms with E-state index in [0.717, 1.165) is 11.8 Å². The summed E-state index contributed by atoms with van der Waals surface area (Å²) in [4.78, 5) is 2.44. The zero-order valence-corrected chi connectivity index (χ0v) is 12.4. The van der Waals surface area contributed by atoms with Crippen molar-refractivity contribution in [3.8, 4) is 0 Å². The highest BCUT2D eigenvalue weighted by molar-refractivity contribution is 5.01. The van der Waals surface area contributed by atoms with Crippen LogP contribution >= 0.6 is 0 Å². The zero-order chi connectivity index (χ0) is 13.2. The van der Waals surface area contributed by atoms with Gasteiger partial charge >= 0.3 is 0 Å². The minimum atomic E-state index is 0.288. The van der Waals surface area contributed by atoms with Crippen LogP contribution in [0.15, 0.2) is 0 Å². The Labute approximate surface area is 112 Å². The van der Waals surface area contributed by atoms with Gasteiger partial charge in [-0.2, -0.15) is 0 Å². The standard InChI is InChI=1S/C15H31N3/c1-12-8-10-15(11-9-12,18(2)3)14(17-16)7-6-13-4-5-13/h12-14,17H,4-11,16H2,1-3H3. The average Bonchev–Trinajstić information content (AvgIpc) is 3.16. The van der Waals surface area contributed by atoms with Crippen LogP contribution in [-0.2, 0) is 0 Å². The molecule has 2 aliphatic carbocycles. The Hall–Kier alpha value is -0.120. The summed E-state index contributed by atoms with van der Waals surface area (Å²) in [7, 11) is 4.47. The molecule has 3 heteroatoms. The van der Waals surface area contributed by atoms with Gasteiger partial charge in [0.1, 0.15) is 0 Å². The van der Waals surface area contributed by atoms with E-state index in [0.29, 0.717) is 6.04 Å². The molecule has 18 heavy (non-hydrogen) atoms. The van der Waals surface area contributed by atoms with Gasteiger partial charge < -0.3 is 4.90 Å². The molecule has 2 aliphatic rings. The maximum absolute atomic E-state index is 5.89. The molecule has 0 heterocycles. The van der Waals surface area contributed by atoms with Gasteiger partial charge in [-0.05, 0) is 64.5 Å². The molecule has 0 aromatic rings. The van der Waals surface area contributed by atoms with E-state index in [4.69, 9.17) is 5.84 Å². The predicted octanol–water partition coefficient (Wildman–Crippen LogP) is 2.52. The first kappa shape index (κ1) is 14.3. The van der Waals surface area contributed by atoms with E-state index in [2.05, 4.69) is 31.3 Å². The summed E-state index contributed by atoms with van der Waals surface area (Å²) < 4.78 is 0. The molecule has 3 N–H and O–H groups in total. The highest BCUT2D eigenvalue weighted by Gasteiger charge is 2.42. The van der Waals surface area contributed by atoms with Crippen LogP contribution in [0.1, 0.15) is 58.3 Å². The van der Waals surface area contributed by atoms with E-state index >= 15 is 0 Å². The van der Waals surface area contributed by atoms with Crippen molar-refractivity contribution in [1.82, 2.24) is 10.3 Å². The minimum Gasteiger partial charge on any atom is -0.302 e. The van der Waals surface area contributed by atoms with Gasteiger partial charge in [-0.15, -0.1) is 0 Å². The molecule has 2 saturated carbocycles. The predicted molar refractivity (Wildman–Crippen MR) is 77.1 cm³/mol. The summed E-state index contributed by atoms with van der Waals surface area (Å²) in [6.45, 7) is 2.38. The lowest BCUT2D eigenvalue weighted by molar-refractivity contribution is 0.0391. The number of hydrogen-bond acceptors (Lipinski definition) is 3. The van der Waals surface area contributed by atoms with Gasteiger partial charge in [-0.25, -0.2) is 0 Å². The first-order valence-electron chi connectivity index (χ1n) is 7.72. The summed E-state index contributed by atoms with van der Waals surface area (Å²) in [6.07, 6.45) is 10.8. The number of nitrogens with one attached hydrogen (secondary N) is 1. The first-order valence-corrected chi connectivity index (χ1v) is 7.72. The molecule has 106 valence electrons. The lowest BCUT2D eigenvalue weighted by atomic mass is 9.71. The van der Waals surface area contributed by atoms with Crippen molar-refractivity contribution in [3.05, 3.63) is 0 Å². The molecule has 3 nitrogen and oxygen atoms in total. The van der Waals surface area contributed by atoms with Crippen molar-refractivity contribution >= 4 is 0 Å². The summed E-state index contributed by atoms with van der Waals surface area (Å²) in [6, 6.07) is 0.459. The Balaban J connectivity index is 2.00. The summed E-state index contributed by atoms with van der Waals surface area (Å²) in [5.41, 5.74) is 3.44. The van der Waals surface area contributed by atoms with E-state index in [1.807, 2.05) is 0 Å². The minimum absolute atomic E-state index is 0.288. The Morgan fingerprint density at radius 1 is 1.22 bits per heavy atom. The average molecular weight is 253 g/mol. The van der Waals surface area contributed by atoms with E-state index in [9.17, 15) is 0 Å². The summed E-state index contributed by atoms with van der Waals surface area (Å²) >= 11 is 0. The molecule has 1 unspecified atom stereocenters. The lowest BCUT2D eigenvalue weighted by Gasteiger charge is -2.49. The molecule has 2 fully saturated rings. The first-order chi connectivity index (χ1) is 8.58. The second kappa shape index (κ2) is 5.89. The topological polar surface area (TPSA) is 41.3 Å². The second-order valence-corrected chi connectivity index (χ2v) is 6.92. The third-order valence-corrected chi connectivity index (χ3v) is 5.44. The molecular formula is C15H31N3. The van der Waals surface area contributed by atoms with Crippen molar-refractivity contribution in [3.63, 3.8) is 0 Å². The zero-order valence-electron chi connectivity index (χ0n) is 12.4. The molecule has 0 aromatic heterocycles. The number of hydrogen-bond donors (Lipinski definition) is 2. The molecule has 1 atom stereocenters. The third-order valence-electron chi connectivity index (χ3n) is 5.44. The fourth-order valence-corrected chi connectivity index (χ4v) is 3.69. The van der Waals surface area contributed by atoms with Crippen LogP contribution in [0.25, 0.3) is 0 Å². The van der Waals surface area contributed by atoms with E-state index < -0.39 is 0 Å². The van der Waals surface area contributed by atoms with Crippen molar-refractivity contribution in [2.75, 3.05) is 14.1 Å². The normalized spacial score (nSPS) is 34.8. The van der Waals surface area contributed by atoms with Crippen molar-refractivity contribution in [2.24, 2.45) is 17.7 Å². The van der Waals surface area contributed by atoms with Crippen molar-refractivity contribution < 1.29 is 0 Å². The number of likely N-dealkylation sites (N-methyl/N-ethyl adjacent to an activating group) is 1. The number of nitrogens with zero attached hydrogens (tertiary/aromatic N) is 1. The van der Waals surface area contributed by atoms with Crippen LogP contribution in [0.4, 0.5) is 0 Å². The second-order valence-electron chi connectivity index (χ2n) is 6.92. The van der Waals surface area contributed by atoms with Gasteiger partial charge in [0.05, 0.1) is 0 Å². The van der Waals surface area contributed by atoms with Gasteiger partial charge in [0.2, 0.25) is 0 Å². The van der Waals surface area contributed by atoms with Crippen molar-refractivity contribution in [2.45, 2.75) is 69.9 Å². The van der Waals surface area contributed by atoms with Gasteiger partial charge in [0.15, 0.2) is 0 Å². The quantitative estimate of drug-likeness (QED) is 0.564. The number of rotatable bonds is 6. The molecule has 2 rings (SSSR count). The van der Waals surface area contributed by atoms with E-state index in [1.165, 1.54) is 51.4 Å². The smallest absolute Gasteiger partial charge is 0.0394 e. The van der Waals surface area contributed by atoms with Crippen LogP contribution in [0.5, 0.6) is 0 Å². The Morgan fingerprint density at radius 3 is 2.28 bits per heavy atom. The molecule has 0 amide bonds. The van der Waals surface area contributed by atoms with Gasteiger partial charge in [-0.1, -0.05) is 19.8 Å². The summed E-state index contributed by atoms with van der Waals surface area (Å²) in [5, 5.41) is 0. The maximum atomic E-state index is 5.89. The molecule has 0 saturated heterocycles. The van der Waals surface area contributed by atoms with Gasteiger partial charge in [0.25, 0.3) is 0 Å². The molecule has 0 aliphatic heterocycles. The molecule has 0 spiro atoms. The molecule has 0 aromatic carbocycles. The largest absolute Gasteiger partial charge is 0.302 e. The van der Waals surface area contributed by atoms with Crippen LogP contribution in [0.2, 0.25) is 0 Å². The molecule has 0 radical (unpaired) electrons. The highest BCUT2D eigenvalue weighted by atomic mass is 15.3. The van der Waals surface area contributed by atoms with Gasteiger partial charge in [-0.3, -0.25) is 11.3 Å². The number of hydrazine groups is 1. The summed E-state index contributed by atoms with van der Waals surface area (Å²) in [5.74, 6) is 7.78. The fourth-order valence-electron chi connectivity index (χ4n) is 3.69. The van der Waals surface area contributed by atoms with Crippen LogP contribution in [-0.4, -0.2) is 30.6 Å². The Bertz CT molecular complexity index is 252. The molecular weight excluding hydrogens is 222 g/mol. The number of nitrogens with two attached hydrogens (primary N) is 1. The highest BCUT2D eigenvalue weighted by Crippen LogP contribution is 2.41. The van der Waals surface area contributed by atoms with Crippen LogP contribution in [0, 0.1) is 11.8 Å².